The lowest BCUT2D eigenvalue weighted by Gasteiger charge is -2.36. The van der Waals surface area contributed by atoms with Gasteiger partial charge in [0.05, 0.1) is 5.69 Å². The molecule has 6 heteroatoms. The van der Waals surface area contributed by atoms with Gasteiger partial charge in [0.25, 0.3) is 0 Å². The van der Waals surface area contributed by atoms with Crippen molar-refractivity contribution in [2.75, 3.05) is 18.8 Å². The van der Waals surface area contributed by atoms with Gasteiger partial charge in [-0.2, -0.15) is 0 Å². The molecule has 2 aromatic rings. The zero-order chi connectivity index (χ0) is 23.9. The second kappa shape index (κ2) is 12.3. The predicted molar refractivity (Wildman–Crippen MR) is 144 cm³/mol. The Morgan fingerprint density at radius 3 is 2.71 bits per heavy atom. The third-order valence-corrected chi connectivity index (χ3v) is 8.89. The molecule has 0 bridgehead atoms. The lowest BCUT2D eigenvalue weighted by atomic mass is 9.78. The molecule has 0 aliphatic heterocycles. The minimum absolute atomic E-state index is 0.220. The molecule has 1 atom stereocenters. The highest BCUT2D eigenvalue weighted by Gasteiger charge is 2.28. The highest BCUT2D eigenvalue weighted by molar-refractivity contribution is 7.15. The van der Waals surface area contributed by atoms with Gasteiger partial charge in [0.2, 0.25) is 0 Å². The van der Waals surface area contributed by atoms with Crippen molar-refractivity contribution in [2.24, 2.45) is 11.8 Å². The van der Waals surface area contributed by atoms with Crippen molar-refractivity contribution in [1.82, 2.24) is 9.88 Å². The van der Waals surface area contributed by atoms with E-state index in [2.05, 4.69) is 16.8 Å². The van der Waals surface area contributed by atoms with Crippen molar-refractivity contribution in [3.05, 3.63) is 51.5 Å². The molecule has 1 unspecified atom stereocenters. The number of nitrogens with zero attached hydrogens (tertiary/aromatic N) is 2. The zero-order valence-electron chi connectivity index (χ0n) is 20.3. The SMILES string of the molecule is CCCN(CCC1CCC(CC(=O)C=Cc2ccccc2Cl)CC1)C1CCc2nc(N)sc2C1. The number of aryl methyl sites for hydroxylation is 1. The molecule has 4 rings (SSSR count). The van der Waals surface area contributed by atoms with Crippen LogP contribution in [0.2, 0.25) is 5.02 Å². The summed E-state index contributed by atoms with van der Waals surface area (Å²) in [5.41, 5.74) is 8.10. The lowest BCUT2D eigenvalue weighted by molar-refractivity contribution is -0.115. The van der Waals surface area contributed by atoms with Crippen LogP contribution in [0.25, 0.3) is 6.08 Å². The number of allylic oxidation sites excluding steroid dienone is 1. The Hall–Kier alpha value is -1.69. The van der Waals surface area contributed by atoms with Gasteiger partial charge in [0.15, 0.2) is 10.9 Å². The van der Waals surface area contributed by atoms with Gasteiger partial charge in [-0.25, -0.2) is 4.98 Å². The number of hydrogen-bond donors (Lipinski definition) is 1. The monoisotopic (exact) mass is 499 g/mol. The molecule has 34 heavy (non-hydrogen) atoms. The summed E-state index contributed by atoms with van der Waals surface area (Å²) in [4.78, 5) is 21.1. The average Bonchev–Trinajstić information content (AvgIpc) is 3.21. The van der Waals surface area contributed by atoms with E-state index in [-0.39, 0.29) is 5.78 Å². The van der Waals surface area contributed by atoms with Gasteiger partial charge in [0, 0.05) is 22.4 Å². The van der Waals surface area contributed by atoms with Crippen LogP contribution in [0.1, 0.15) is 74.4 Å². The Kier molecular flexibility index (Phi) is 9.21. The summed E-state index contributed by atoms with van der Waals surface area (Å²) in [6.45, 7) is 4.65. The quantitative estimate of drug-likeness (QED) is 0.364. The zero-order valence-corrected chi connectivity index (χ0v) is 21.9. The number of aromatic nitrogens is 1. The topological polar surface area (TPSA) is 59.2 Å². The summed E-state index contributed by atoms with van der Waals surface area (Å²) in [5, 5.41) is 1.41. The van der Waals surface area contributed by atoms with Crippen molar-refractivity contribution in [3.8, 4) is 0 Å². The van der Waals surface area contributed by atoms with Crippen LogP contribution < -0.4 is 5.73 Å². The summed E-state index contributed by atoms with van der Waals surface area (Å²) in [5.74, 6) is 1.54. The Morgan fingerprint density at radius 2 is 1.94 bits per heavy atom. The number of nitrogen functional groups attached to an aromatic ring is 1. The van der Waals surface area contributed by atoms with E-state index in [0.717, 1.165) is 29.5 Å². The van der Waals surface area contributed by atoms with Crippen LogP contribution in [0.5, 0.6) is 0 Å². The number of carbonyl (C=O) groups excluding carboxylic acids is 1. The van der Waals surface area contributed by atoms with Crippen LogP contribution in [-0.4, -0.2) is 34.8 Å². The molecule has 1 heterocycles. The van der Waals surface area contributed by atoms with E-state index in [9.17, 15) is 4.79 Å². The van der Waals surface area contributed by atoms with Crippen LogP contribution >= 0.6 is 22.9 Å². The lowest BCUT2D eigenvalue weighted by Crippen LogP contribution is -2.41. The molecular weight excluding hydrogens is 462 g/mol. The van der Waals surface area contributed by atoms with Crippen LogP contribution in [0.15, 0.2) is 30.3 Å². The van der Waals surface area contributed by atoms with Gasteiger partial charge in [-0.1, -0.05) is 49.6 Å². The molecule has 1 fully saturated rings. The molecule has 1 saturated carbocycles. The maximum atomic E-state index is 12.5. The van der Waals surface area contributed by atoms with Crippen LogP contribution in [0, 0.1) is 11.8 Å². The molecular formula is C28H38ClN3OS. The van der Waals surface area contributed by atoms with Gasteiger partial charge in [-0.05, 0) is 93.7 Å². The Balaban J connectivity index is 1.20. The maximum absolute atomic E-state index is 12.5. The smallest absolute Gasteiger partial charge is 0.180 e. The highest BCUT2D eigenvalue weighted by atomic mass is 35.5. The number of fused-ring (bicyclic) bond motifs is 1. The van der Waals surface area contributed by atoms with Gasteiger partial charge in [0.1, 0.15) is 0 Å². The van der Waals surface area contributed by atoms with Gasteiger partial charge in [-0.15, -0.1) is 11.3 Å². The standard InChI is InChI=1S/C28H38ClN3OS/c1-2-16-32(23-12-14-26-27(19-23)34-28(30)31-26)17-15-20-7-9-21(10-8-20)18-24(33)13-11-22-5-3-4-6-25(22)29/h3-6,11,13,20-21,23H,2,7-10,12,14-19H2,1H3,(H2,30,31). The molecule has 0 spiro atoms. The fourth-order valence-electron chi connectivity index (χ4n) is 5.67. The van der Waals surface area contributed by atoms with E-state index in [0.29, 0.717) is 23.4 Å². The summed E-state index contributed by atoms with van der Waals surface area (Å²) in [6.07, 6.45) is 15.0. The maximum Gasteiger partial charge on any atom is 0.180 e. The van der Waals surface area contributed by atoms with Crippen molar-refractivity contribution in [2.45, 2.75) is 77.2 Å². The third kappa shape index (κ3) is 6.93. The normalized spacial score (nSPS) is 22.9. The first kappa shape index (κ1) is 25.4. The Bertz CT molecular complexity index is 980. The van der Waals surface area contributed by atoms with Gasteiger partial charge >= 0.3 is 0 Å². The van der Waals surface area contributed by atoms with E-state index < -0.39 is 0 Å². The number of thiazole rings is 1. The third-order valence-electron chi connectivity index (χ3n) is 7.59. The van der Waals surface area contributed by atoms with E-state index in [1.807, 2.05) is 30.3 Å². The molecule has 0 amide bonds. The van der Waals surface area contributed by atoms with Crippen molar-refractivity contribution in [1.29, 1.82) is 0 Å². The number of carbonyl (C=O) groups is 1. The van der Waals surface area contributed by atoms with Crippen LogP contribution in [0.4, 0.5) is 5.13 Å². The first-order valence-electron chi connectivity index (χ1n) is 12.9. The van der Waals surface area contributed by atoms with E-state index in [4.69, 9.17) is 17.3 Å². The molecule has 184 valence electrons. The fourth-order valence-corrected chi connectivity index (χ4v) is 6.82. The number of nitrogens with two attached hydrogens (primary N) is 1. The van der Waals surface area contributed by atoms with E-state index in [1.54, 1.807) is 17.4 Å². The molecule has 1 aromatic heterocycles. The van der Waals surface area contributed by atoms with Crippen LogP contribution in [-0.2, 0) is 17.6 Å². The highest BCUT2D eigenvalue weighted by Crippen LogP contribution is 2.34. The van der Waals surface area contributed by atoms with E-state index >= 15 is 0 Å². The van der Waals surface area contributed by atoms with Crippen molar-refractivity contribution < 1.29 is 4.79 Å². The molecule has 4 nitrogen and oxygen atoms in total. The van der Waals surface area contributed by atoms with Crippen LogP contribution in [0.3, 0.4) is 0 Å². The summed E-state index contributed by atoms with van der Waals surface area (Å²) >= 11 is 7.87. The molecule has 2 N–H and O–H groups in total. The molecule has 1 aromatic carbocycles. The Labute approximate surface area is 213 Å². The second-order valence-electron chi connectivity index (χ2n) is 10.1. The predicted octanol–water partition coefficient (Wildman–Crippen LogP) is 6.82. The number of ketones is 1. The summed E-state index contributed by atoms with van der Waals surface area (Å²) in [6, 6.07) is 8.28. The largest absolute Gasteiger partial charge is 0.375 e. The molecule has 2 aliphatic rings. The second-order valence-corrected chi connectivity index (χ2v) is 11.6. The minimum Gasteiger partial charge on any atom is -0.375 e. The molecule has 2 aliphatic carbocycles. The van der Waals surface area contributed by atoms with Gasteiger partial charge < -0.3 is 10.6 Å². The molecule has 0 radical (unpaired) electrons. The Morgan fingerprint density at radius 1 is 1.18 bits per heavy atom. The first-order valence-corrected chi connectivity index (χ1v) is 14.1. The number of anilines is 1. The van der Waals surface area contributed by atoms with Crippen molar-refractivity contribution in [3.63, 3.8) is 0 Å². The van der Waals surface area contributed by atoms with Crippen molar-refractivity contribution >= 4 is 39.9 Å². The summed E-state index contributed by atoms with van der Waals surface area (Å²) in [7, 11) is 0. The first-order chi connectivity index (χ1) is 16.5. The number of rotatable bonds is 10. The van der Waals surface area contributed by atoms with E-state index in [1.165, 1.54) is 68.6 Å². The van der Waals surface area contributed by atoms with Gasteiger partial charge in [-0.3, -0.25) is 4.79 Å². The number of hydrogen-bond acceptors (Lipinski definition) is 5. The average molecular weight is 500 g/mol. The summed E-state index contributed by atoms with van der Waals surface area (Å²) < 4.78 is 0. The molecule has 0 saturated heterocycles. The number of benzene rings is 1. The minimum atomic E-state index is 0.220. The fraction of sp³-hybridized carbons (Fsp3) is 0.571. The number of halogens is 1.